The van der Waals surface area contributed by atoms with E-state index in [4.69, 9.17) is 9.47 Å². The minimum absolute atomic E-state index is 0. The van der Waals surface area contributed by atoms with Gasteiger partial charge in [-0.15, -0.1) is 12.4 Å². The highest BCUT2D eigenvalue weighted by Gasteiger charge is 2.21. The van der Waals surface area contributed by atoms with Crippen molar-refractivity contribution in [2.75, 3.05) is 40.0 Å². The van der Waals surface area contributed by atoms with Crippen LogP contribution in [0, 0.1) is 0 Å². The number of nitrogens with zero attached hydrogens (tertiary/aromatic N) is 1. The molecule has 0 spiro atoms. The highest BCUT2D eigenvalue weighted by atomic mass is 35.5. The smallest absolute Gasteiger partial charge is 0.248 e. The molecule has 124 valence electrons. The van der Waals surface area contributed by atoms with Crippen LogP contribution in [-0.2, 0) is 9.53 Å². The van der Waals surface area contributed by atoms with Gasteiger partial charge < -0.3 is 19.7 Å². The van der Waals surface area contributed by atoms with Gasteiger partial charge in [0.15, 0.2) is 0 Å². The Kier molecular flexibility index (Phi) is 8.89. The van der Waals surface area contributed by atoms with Gasteiger partial charge in [0.25, 0.3) is 0 Å². The molecule has 1 heterocycles. The number of rotatable bonds is 7. The van der Waals surface area contributed by atoms with Crippen LogP contribution in [0.1, 0.15) is 12.8 Å². The maximum Gasteiger partial charge on any atom is 0.248 e. The fourth-order valence-electron chi connectivity index (χ4n) is 2.39. The van der Waals surface area contributed by atoms with E-state index in [1.807, 2.05) is 42.3 Å². The van der Waals surface area contributed by atoms with E-state index < -0.39 is 0 Å². The lowest BCUT2D eigenvalue weighted by atomic mass is 10.1. The van der Waals surface area contributed by atoms with Crippen LogP contribution < -0.4 is 10.1 Å². The fraction of sp³-hybridized carbons (Fsp3) is 0.562. The number of hydrogen-bond acceptors (Lipinski definition) is 4. The van der Waals surface area contributed by atoms with Crippen molar-refractivity contribution in [2.24, 2.45) is 0 Å². The highest BCUT2D eigenvalue weighted by Crippen LogP contribution is 2.10. The van der Waals surface area contributed by atoms with E-state index in [-0.39, 0.29) is 24.9 Å². The molecule has 0 bridgehead atoms. The lowest BCUT2D eigenvalue weighted by Crippen LogP contribution is -2.45. The molecule has 0 saturated carbocycles. The molecule has 5 nitrogen and oxygen atoms in total. The lowest BCUT2D eigenvalue weighted by molar-refractivity contribution is -0.137. The quantitative estimate of drug-likeness (QED) is 0.774. The predicted octanol–water partition coefficient (Wildman–Crippen LogP) is 1.71. The van der Waals surface area contributed by atoms with Gasteiger partial charge in [-0.2, -0.15) is 0 Å². The van der Waals surface area contributed by atoms with Crippen LogP contribution in [0.3, 0.4) is 0 Å². The molecule has 1 aliphatic heterocycles. The Morgan fingerprint density at radius 1 is 1.23 bits per heavy atom. The number of amides is 1. The summed E-state index contributed by atoms with van der Waals surface area (Å²) in [5, 5.41) is 3.30. The van der Waals surface area contributed by atoms with Crippen LogP contribution in [0.4, 0.5) is 0 Å². The molecular formula is C16H25ClN2O3. The predicted molar refractivity (Wildman–Crippen MR) is 88.7 cm³/mol. The Hall–Kier alpha value is -1.30. The largest absolute Gasteiger partial charge is 0.491 e. The zero-order valence-corrected chi connectivity index (χ0v) is 13.8. The second kappa shape index (κ2) is 10.4. The van der Waals surface area contributed by atoms with E-state index in [9.17, 15) is 4.79 Å². The normalized spacial score (nSPS) is 15.0. The van der Waals surface area contributed by atoms with E-state index in [2.05, 4.69) is 5.32 Å². The Morgan fingerprint density at radius 2 is 1.91 bits per heavy atom. The topological polar surface area (TPSA) is 50.8 Å². The van der Waals surface area contributed by atoms with E-state index >= 15 is 0 Å². The monoisotopic (exact) mass is 328 g/mol. The van der Waals surface area contributed by atoms with Crippen molar-refractivity contribution < 1.29 is 14.3 Å². The van der Waals surface area contributed by atoms with Crippen molar-refractivity contribution >= 4 is 18.3 Å². The van der Waals surface area contributed by atoms with Crippen molar-refractivity contribution in [3.05, 3.63) is 30.3 Å². The summed E-state index contributed by atoms with van der Waals surface area (Å²) < 4.78 is 10.9. The van der Waals surface area contributed by atoms with Crippen molar-refractivity contribution in [2.45, 2.75) is 18.9 Å². The SMILES string of the molecule is CN(C(=O)COCCOc1ccccc1)C1CCNCC1.Cl. The second-order valence-electron chi connectivity index (χ2n) is 5.20. The van der Waals surface area contributed by atoms with Crippen LogP contribution in [0.25, 0.3) is 0 Å². The highest BCUT2D eigenvalue weighted by molar-refractivity contribution is 5.85. The van der Waals surface area contributed by atoms with Gasteiger partial charge in [-0.1, -0.05) is 18.2 Å². The summed E-state index contributed by atoms with van der Waals surface area (Å²) in [5.74, 6) is 0.862. The van der Waals surface area contributed by atoms with Crippen molar-refractivity contribution in [1.82, 2.24) is 10.2 Å². The molecule has 1 N–H and O–H groups in total. The molecule has 1 fully saturated rings. The third-order valence-corrected chi connectivity index (χ3v) is 3.71. The van der Waals surface area contributed by atoms with E-state index in [0.717, 1.165) is 31.7 Å². The Labute approximate surface area is 138 Å². The summed E-state index contributed by atoms with van der Waals surface area (Å²) in [5.41, 5.74) is 0. The van der Waals surface area contributed by atoms with Crippen molar-refractivity contribution in [3.8, 4) is 5.75 Å². The molecule has 0 radical (unpaired) electrons. The Morgan fingerprint density at radius 3 is 2.59 bits per heavy atom. The number of hydrogen-bond donors (Lipinski definition) is 1. The van der Waals surface area contributed by atoms with E-state index in [1.165, 1.54) is 0 Å². The first-order valence-electron chi connectivity index (χ1n) is 7.49. The average Bonchev–Trinajstić information content (AvgIpc) is 2.55. The standard InChI is InChI=1S/C16H24N2O3.ClH/c1-18(14-7-9-17-10-8-14)16(19)13-20-11-12-21-15-5-3-2-4-6-15;/h2-6,14,17H,7-13H2,1H3;1H. The zero-order chi connectivity index (χ0) is 14.9. The molecular weight excluding hydrogens is 304 g/mol. The van der Waals surface area contributed by atoms with Gasteiger partial charge in [-0.3, -0.25) is 4.79 Å². The molecule has 22 heavy (non-hydrogen) atoms. The van der Waals surface area contributed by atoms with Crippen LogP contribution >= 0.6 is 12.4 Å². The van der Waals surface area contributed by atoms with Gasteiger partial charge in [0.1, 0.15) is 19.0 Å². The third kappa shape index (κ3) is 6.22. The molecule has 0 aliphatic carbocycles. The molecule has 6 heteroatoms. The number of likely N-dealkylation sites (N-methyl/N-ethyl adjacent to an activating group) is 1. The molecule has 0 aromatic heterocycles. The van der Waals surface area contributed by atoms with E-state index in [0.29, 0.717) is 19.3 Å². The van der Waals surface area contributed by atoms with Gasteiger partial charge in [0.2, 0.25) is 5.91 Å². The number of halogens is 1. The van der Waals surface area contributed by atoms with Crippen LogP contribution in [0.5, 0.6) is 5.75 Å². The van der Waals surface area contributed by atoms with Crippen LogP contribution in [0.2, 0.25) is 0 Å². The Bertz CT molecular complexity index is 425. The maximum atomic E-state index is 12.0. The first-order chi connectivity index (χ1) is 10.3. The molecule has 0 atom stereocenters. The molecule has 0 unspecified atom stereocenters. The maximum absolute atomic E-state index is 12.0. The number of ether oxygens (including phenoxy) is 2. The summed E-state index contributed by atoms with van der Waals surface area (Å²) in [6, 6.07) is 9.93. The summed E-state index contributed by atoms with van der Waals surface area (Å²) in [4.78, 5) is 13.8. The summed E-state index contributed by atoms with van der Waals surface area (Å²) in [6.07, 6.45) is 2.03. The number of piperidine rings is 1. The molecule has 2 rings (SSSR count). The van der Waals surface area contributed by atoms with Crippen molar-refractivity contribution in [1.29, 1.82) is 0 Å². The summed E-state index contributed by atoms with van der Waals surface area (Å²) >= 11 is 0. The van der Waals surface area contributed by atoms with Gasteiger partial charge in [0, 0.05) is 13.1 Å². The first-order valence-corrected chi connectivity index (χ1v) is 7.49. The summed E-state index contributed by atoms with van der Waals surface area (Å²) in [7, 11) is 1.86. The Balaban J connectivity index is 0.00000242. The number of carbonyl (C=O) groups is 1. The summed E-state index contributed by atoms with van der Waals surface area (Å²) in [6.45, 7) is 2.95. The van der Waals surface area contributed by atoms with Crippen LogP contribution in [0.15, 0.2) is 30.3 Å². The van der Waals surface area contributed by atoms with Gasteiger partial charge >= 0.3 is 0 Å². The van der Waals surface area contributed by atoms with Gasteiger partial charge in [-0.05, 0) is 38.1 Å². The minimum Gasteiger partial charge on any atom is -0.491 e. The lowest BCUT2D eigenvalue weighted by Gasteiger charge is -2.31. The number of para-hydroxylation sites is 1. The average molecular weight is 329 g/mol. The molecule has 1 amide bonds. The molecule has 1 aliphatic rings. The van der Waals surface area contributed by atoms with Crippen molar-refractivity contribution in [3.63, 3.8) is 0 Å². The first kappa shape index (κ1) is 18.7. The number of nitrogens with one attached hydrogen (secondary N) is 1. The van der Waals surface area contributed by atoms with Gasteiger partial charge in [0.05, 0.1) is 6.61 Å². The third-order valence-electron chi connectivity index (χ3n) is 3.71. The van der Waals surface area contributed by atoms with Gasteiger partial charge in [-0.25, -0.2) is 0 Å². The van der Waals surface area contributed by atoms with E-state index in [1.54, 1.807) is 0 Å². The number of benzene rings is 1. The molecule has 1 aromatic carbocycles. The number of carbonyl (C=O) groups excluding carboxylic acids is 1. The zero-order valence-electron chi connectivity index (χ0n) is 13.0. The van der Waals surface area contributed by atoms with Crippen LogP contribution in [-0.4, -0.2) is 56.8 Å². The second-order valence-corrected chi connectivity index (χ2v) is 5.20. The fourth-order valence-corrected chi connectivity index (χ4v) is 2.39. The minimum atomic E-state index is 0. The molecule has 1 saturated heterocycles. The molecule has 1 aromatic rings.